The molecule has 0 unspecified atom stereocenters. The van der Waals surface area contributed by atoms with Crippen molar-refractivity contribution in [1.29, 1.82) is 0 Å². The van der Waals surface area contributed by atoms with Crippen LogP contribution in [0.1, 0.15) is 18.9 Å². The number of hydrogen-bond acceptors (Lipinski definition) is 2. The van der Waals surface area contributed by atoms with Gasteiger partial charge in [-0.05, 0) is 47.6 Å². The van der Waals surface area contributed by atoms with Gasteiger partial charge in [-0.2, -0.15) is 0 Å². The van der Waals surface area contributed by atoms with Gasteiger partial charge in [0.25, 0.3) is 0 Å². The lowest BCUT2D eigenvalue weighted by Gasteiger charge is -2.12. The molecule has 5 rings (SSSR count). The Balaban J connectivity index is 1.60. The van der Waals surface area contributed by atoms with Gasteiger partial charge in [0.1, 0.15) is 11.6 Å². The van der Waals surface area contributed by atoms with Crippen molar-refractivity contribution < 1.29 is 4.39 Å². The second kappa shape index (κ2) is 9.63. The number of rotatable bonds is 7. The first-order chi connectivity index (χ1) is 16.2. The fraction of sp³-hybridized carbons (Fsp3) is 0.138. The molecule has 164 valence electrons. The lowest BCUT2D eigenvalue weighted by atomic mass is 10.0. The Kier molecular flexibility index (Phi) is 6.27. The molecule has 0 amide bonds. The molecule has 5 aromatic rings. The molecule has 33 heavy (non-hydrogen) atoms. The molecule has 0 atom stereocenters. The summed E-state index contributed by atoms with van der Waals surface area (Å²) in [5.74, 6) is 1.73. The minimum Gasteiger partial charge on any atom is -0.319 e. The van der Waals surface area contributed by atoms with Crippen LogP contribution in [-0.2, 0) is 6.54 Å². The minimum absolute atomic E-state index is 0.193. The number of thioether (sulfide) groups is 1. The highest BCUT2D eigenvalue weighted by molar-refractivity contribution is 7.99. The zero-order valence-corrected chi connectivity index (χ0v) is 19.4. The van der Waals surface area contributed by atoms with Crippen molar-refractivity contribution in [2.75, 3.05) is 5.75 Å². The van der Waals surface area contributed by atoms with Gasteiger partial charge in [0, 0.05) is 16.0 Å². The quantitative estimate of drug-likeness (QED) is 0.232. The van der Waals surface area contributed by atoms with Crippen molar-refractivity contribution in [2.45, 2.75) is 24.8 Å². The van der Waals surface area contributed by atoms with E-state index in [2.05, 4.69) is 66.1 Å². The van der Waals surface area contributed by atoms with Crippen LogP contribution < -0.4 is 0 Å². The minimum atomic E-state index is -0.193. The average molecular weight is 453 g/mol. The highest BCUT2D eigenvalue weighted by Crippen LogP contribution is 2.31. The van der Waals surface area contributed by atoms with Crippen molar-refractivity contribution >= 4 is 22.8 Å². The molecule has 1 aromatic heterocycles. The van der Waals surface area contributed by atoms with Gasteiger partial charge in [0.15, 0.2) is 0 Å². The largest absolute Gasteiger partial charge is 0.319 e. The second-order valence-electron chi connectivity index (χ2n) is 8.06. The summed E-state index contributed by atoms with van der Waals surface area (Å²) in [5.41, 5.74) is 5.97. The number of fused-ring (bicyclic) bond motifs is 1. The molecule has 0 aliphatic carbocycles. The van der Waals surface area contributed by atoms with E-state index in [4.69, 9.17) is 4.98 Å². The highest BCUT2D eigenvalue weighted by atomic mass is 32.2. The molecule has 2 nitrogen and oxygen atoms in total. The first kappa shape index (κ1) is 21.5. The molecule has 4 heteroatoms. The molecule has 0 radical (unpaired) electrons. The Hall–Kier alpha value is -3.37. The predicted molar refractivity (Wildman–Crippen MR) is 137 cm³/mol. The van der Waals surface area contributed by atoms with E-state index in [1.54, 1.807) is 6.07 Å². The van der Waals surface area contributed by atoms with Crippen LogP contribution in [0.4, 0.5) is 4.39 Å². The standard InChI is InChI=1S/C29H25FN2S/c1-2-18-33-25-16-17-27-28(19-25)32(20-24-10-6-7-11-26(24)30)29(31-27)23-14-12-22(13-15-23)21-8-4-3-5-9-21/h3-17,19H,2,18,20H2,1H3. The van der Waals surface area contributed by atoms with Crippen LogP contribution in [0.5, 0.6) is 0 Å². The third-order valence-electron chi connectivity index (χ3n) is 5.73. The number of benzene rings is 4. The Morgan fingerprint density at radius 3 is 2.24 bits per heavy atom. The van der Waals surface area contributed by atoms with Crippen LogP contribution in [0, 0.1) is 5.82 Å². The fourth-order valence-corrected chi connectivity index (χ4v) is 4.83. The van der Waals surface area contributed by atoms with E-state index < -0.39 is 0 Å². The molecule has 0 bridgehead atoms. The van der Waals surface area contributed by atoms with E-state index in [-0.39, 0.29) is 5.82 Å². The molecule has 0 fully saturated rings. The predicted octanol–water partition coefficient (Wildman–Crippen LogP) is 8.06. The first-order valence-electron chi connectivity index (χ1n) is 11.3. The van der Waals surface area contributed by atoms with Crippen molar-refractivity contribution in [3.8, 4) is 22.5 Å². The van der Waals surface area contributed by atoms with Gasteiger partial charge in [-0.1, -0.05) is 79.7 Å². The molecular formula is C29H25FN2S. The SMILES string of the molecule is CCCSc1ccc2nc(-c3ccc(-c4ccccc4)cc3)n(Cc3ccccc3F)c2c1. The Morgan fingerprint density at radius 2 is 1.48 bits per heavy atom. The van der Waals surface area contributed by atoms with Crippen molar-refractivity contribution in [1.82, 2.24) is 9.55 Å². The van der Waals surface area contributed by atoms with Gasteiger partial charge in [-0.3, -0.25) is 0 Å². The number of halogens is 1. The summed E-state index contributed by atoms with van der Waals surface area (Å²) in [5, 5.41) is 0. The summed E-state index contributed by atoms with van der Waals surface area (Å²) in [6.07, 6.45) is 1.12. The van der Waals surface area contributed by atoms with Gasteiger partial charge in [-0.25, -0.2) is 9.37 Å². The number of nitrogens with zero attached hydrogens (tertiary/aromatic N) is 2. The van der Waals surface area contributed by atoms with Crippen molar-refractivity contribution in [3.05, 3.63) is 108 Å². The zero-order valence-electron chi connectivity index (χ0n) is 18.5. The molecular weight excluding hydrogens is 427 g/mol. The third-order valence-corrected chi connectivity index (χ3v) is 6.93. The summed E-state index contributed by atoms with van der Waals surface area (Å²) in [4.78, 5) is 6.18. The monoisotopic (exact) mass is 452 g/mol. The lowest BCUT2D eigenvalue weighted by Crippen LogP contribution is -2.04. The zero-order chi connectivity index (χ0) is 22.6. The Morgan fingerprint density at radius 1 is 0.788 bits per heavy atom. The van der Waals surface area contributed by atoms with Crippen molar-refractivity contribution in [3.63, 3.8) is 0 Å². The molecule has 0 N–H and O–H groups in total. The van der Waals surface area contributed by atoms with E-state index >= 15 is 0 Å². The van der Waals surface area contributed by atoms with Gasteiger partial charge < -0.3 is 4.57 Å². The molecule has 0 aliphatic rings. The molecule has 0 saturated carbocycles. The van der Waals surface area contributed by atoms with E-state index in [1.165, 1.54) is 16.5 Å². The summed E-state index contributed by atoms with van der Waals surface area (Å²) < 4.78 is 16.7. The maximum absolute atomic E-state index is 14.6. The highest BCUT2D eigenvalue weighted by Gasteiger charge is 2.15. The Labute approximate surface area is 198 Å². The van der Waals surface area contributed by atoms with Gasteiger partial charge in [0.2, 0.25) is 0 Å². The maximum atomic E-state index is 14.6. The fourth-order valence-electron chi connectivity index (χ4n) is 4.03. The van der Waals surface area contributed by atoms with Crippen LogP contribution in [0.15, 0.2) is 102 Å². The number of hydrogen-bond donors (Lipinski definition) is 0. The molecule has 0 saturated heterocycles. The molecule has 1 heterocycles. The third kappa shape index (κ3) is 4.57. The topological polar surface area (TPSA) is 17.8 Å². The van der Waals surface area contributed by atoms with Gasteiger partial charge >= 0.3 is 0 Å². The average Bonchev–Trinajstić information content (AvgIpc) is 3.22. The van der Waals surface area contributed by atoms with Crippen LogP contribution in [0.25, 0.3) is 33.5 Å². The molecule has 0 spiro atoms. The normalized spacial score (nSPS) is 11.2. The second-order valence-corrected chi connectivity index (χ2v) is 9.22. The van der Waals surface area contributed by atoms with Crippen molar-refractivity contribution in [2.24, 2.45) is 0 Å². The number of aromatic nitrogens is 2. The van der Waals surface area contributed by atoms with E-state index in [1.807, 2.05) is 42.1 Å². The van der Waals surface area contributed by atoms with E-state index in [0.717, 1.165) is 40.2 Å². The smallest absolute Gasteiger partial charge is 0.141 e. The summed E-state index contributed by atoms with van der Waals surface area (Å²) in [6, 6.07) is 32.2. The van der Waals surface area contributed by atoms with E-state index in [9.17, 15) is 4.39 Å². The molecule has 0 aliphatic heterocycles. The van der Waals surface area contributed by atoms with Crippen LogP contribution in [-0.4, -0.2) is 15.3 Å². The van der Waals surface area contributed by atoms with E-state index in [0.29, 0.717) is 12.1 Å². The lowest BCUT2D eigenvalue weighted by molar-refractivity contribution is 0.602. The van der Waals surface area contributed by atoms with Crippen LogP contribution in [0.3, 0.4) is 0 Å². The number of imidazole rings is 1. The summed E-state index contributed by atoms with van der Waals surface area (Å²) >= 11 is 1.84. The summed E-state index contributed by atoms with van der Waals surface area (Å²) in [7, 11) is 0. The van der Waals surface area contributed by atoms with Crippen LogP contribution >= 0.6 is 11.8 Å². The van der Waals surface area contributed by atoms with Gasteiger partial charge in [-0.15, -0.1) is 11.8 Å². The maximum Gasteiger partial charge on any atom is 0.141 e. The summed E-state index contributed by atoms with van der Waals surface area (Å²) in [6.45, 7) is 2.62. The first-order valence-corrected chi connectivity index (χ1v) is 12.2. The molecule has 4 aromatic carbocycles. The van der Waals surface area contributed by atoms with Crippen LogP contribution in [0.2, 0.25) is 0 Å². The Bertz CT molecular complexity index is 1370. The van der Waals surface area contributed by atoms with Gasteiger partial charge in [0.05, 0.1) is 17.6 Å².